The van der Waals surface area contributed by atoms with Crippen LogP contribution in [0.15, 0.2) is 48.5 Å². The number of nitrogens with one attached hydrogen (secondary N) is 1. The van der Waals surface area contributed by atoms with Gasteiger partial charge in [0.1, 0.15) is 0 Å². The zero-order valence-corrected chi connectivity index (χ0v) is 19.7. The largest absolute Gasteiger partial charge is 0.350 e. The van der Waals surface area contributed by atoms with Gasteiger partial charge in [-0.1, -0.05) is 63.2 Å². The minimum Gasteiger partial charge on any atom is -0.350 e. The van der Waals surface area contributed by atoms with E-state index in [1.165, 1.54) is 16.1 Å². The van der Waals surface area contributed by atoms with Crippen molar-refractivity contribution in [3.8, 4) is 0 Å². The molecule has 0 fully saturated rings. The van der Waals surface area contributed by atoms with Gasteiger partial charge in [0.25, 0.3) is 0 Å². The van der Waals surface area contributed by atoms with Crippen LogP contribution in [0.2, 0.25) is 0 Å². The highest BCUT2D eigenvalue weighted by Gasteiger charge is 2.19. The maximum atomic E-state index is 12.4. The normalized spacial score (nSPS) is 13.0. The zero-order chi connectivity index (χ0) is 22.5. The molecular weight excluding hydrogens is 396 g/mol. The molecule has 0 saturated carbocycles. The number of nitrogens with zero attached hydrogens (tertiary/aromatic N) is 1. The first-order valence-corrected chi connectivity index (χ1v) is 12.2. The zero-order valence-electron chi connectivity index (χ0n) is 18.9. The smallest absolute Gasteiger partial charge is 0.232 e. The molecule has 6 heteroatoms. The summed E-state index contributed by atoms with van der Waals surface area (Å²) in [5, 5.41) is 3.01. The molecule has 30 heavy (non-hydrogen) atoms. The molecule has 5 nitrogen and oxygen atoms in total. The molecule has 1 unspecified atom stereocenters. The number of anilines is 1. The van der Waals surface area contributed by atoms with Crippen molar-refractivity contribution in [2.24, 2.45) is 0 Å². The van der Waals surface area contributed by atoms with E-state index in [1.807, 2.05) is 32.0 Å². The molecule has 1 amide bonds. The standard InChI is InChI=1S/C24H34N2O3S/c1-18-10-7-8-11-22(18)26(30(6,28)29)17-9-12-23(27)25-19(2)20-13-15-21(16-14-20)24(3,4)5/h7-8,10-11,13-16,19H,9,12,17H2,1-6H3,(H,25,27). The molecule has 0 bridgehead atoms. The van der Waals surface area contributed by atoms with E-state index in [0.717, 1.165) is 11.1 Å². The van der Waals surface area contributed by atoms with Crippen LogP contribution in [0.1, 0.15) is 63.3 Å². The number of amides is 1. The molecule has 164 valence electrons. The van der Waals surface area contributed by atoms with Crippen molar-refractivity contribution in [3.05, 3.63) is 65.2 Å². The average molecular weight is 431 g/mol. The Morgan fingerprint density at radius 1 is 1.07 bits per heavy atom. The maximum absolute atomic E-state index is 12.4. The SMILES string of the molecule is Cc1ccccc1N(CCCC(=O)NC(C)c1ccc(C(C)(C)C)cc1)S(C)(=O)=O. The Kier molecular flexibility index (Phi) is 7.70. The molecule has 2 aromatic carbocycles. The van der Waals surface area contributed by atoms with Gasteiger partial charge in [0.2, 0.25) is 15.9 Å². The van der Waals surface area contributed by atoms with Gasteiger partial charge in [-0.2, -0.15) is 0 Å². The number of carbonyl (C=O) groups is 1. The maximum Gasteiger partial charge on any atom is 0.232 e. The summed E-state index contributed by atoms with van der Waals surface area (Å²) in [6.07, 6.45) is 1.91. The van der Waals surface area contributed by atoms with Gasteiger partial charge < -0.3 is 5.32 Å². The third-order valence-electron chi connectivity index (χ3n) is 5.20. The van der Waals surface area contributed by atoms with Gasteiger partial charge in [0.15, 0.2) is 0 Å². The summed E-state index contributed by atoms with van der Waals surface area (Å²) in [6, 6.07) is 15.6. The molecule has 2 rings (SSSR count). The Labute approximate surface area is 181 Å². The van der Waals surface area contributed by atoms with E-state index in [-0.39, 0.29) is 30.3 Å². The number of aryl methyl sites for hydroxylation is 1. The van der Waals surface area contributed by atoms with Crippen molar-refractivity contribution >= 4 is 21.6 Å². The van der Waals surface area contributed by atoms with Crippen LogP contribution in [-0.2, 0) is 20.2 Å². The van der Waals surface area contributed by atoms with Crippen LogP contribution in [0.25, 0.3) is 0 Å². The van der Waals surface area contributed by atoms with E-state index in [4.69, 9.17) is 0 Å². The van der Waals surface area contributed by atoms with Crippen LogP contribution in [-0.4, -0.2) is 27.1 Å². The monoisotopic (exact) mass is 430 g/mol. The van der Waals surface area contributed by atoms with Gasteiger partial charge in [-0.05, 0) is 48.4 Å². The summed E-state index contributed by atoms with van der Waals surface area (Å²) in [5.74, 6) is -0.0827. The lowest BCUT2D eigenvalue weighted by atomic mass is 9.86. The molecular formula is C24H34N2O3S. The topological polar surface area (TPSA) is 66.5 Å². The average Bonchev–Trinajstić information content (AvgIpc) is 2.64. The second kappa shape index (κ2) is 9.65. The third-order valence-corrected chi connectivity index (χ3v) is 6.38. The lowest BCUT2D eigenvalue weighted by molar-refractivity contribution is -0.121. The molecule has 0 aliphatic carbocycles. The summed E-state index contributed by atoms with van der Waals surface area (Å²) in [7, 11) is -3.42. The van der Waals surface area contributed by atoms with Gasteiger partial charge >= 0.3 is 0 Å². The van der Waals surface area contributed by atoms with Gasteiger partial charge in [-0.15, -0.1) is 0 Å². The van der Waals surface area contributed by atoms with Gasteiger partial charge in [0, 0.05) is 13.0 Å². The number of para-hydroxylation sites is 1. The molecule has 0 aliphatic heterocycles. The van der Waals surface area contributed by atoms with E-state index < -0.39 is 10.0 Å². The molecule has 0 aromatic heterocycles. The van der Waals surface area contributed by atoms with E-state index >= 15 is 0 Å². The Morgan fingerprint density at radius 3 is 2.20 bits per heavy atom. The number of hydrogen-bond donors (Lipinski definition) is 1. The molecule has 0 saturated heterocycles. The van der Waals surface area contributed by atoms with Crippen molar-refractivity contribution in [2.75, 3.05) is 17.1 Å². The van der Waals surface area contributed by atoms with Crippen molar-refractivity contribution in [3.63, 3.8) is 0 Å². The first-order chi connectivity index (χ1) is 13.9. The first-order valence-electron chi connectivity index (χ1n) is 10.3. The fourth-order valence-corrected chi connectivity index (χ4v) is 4.38. The van der Waals surface area contributed by atoms with E-state index in [2.05, 4.69) is 50.4 Å². The van der Waals surface area contributed by atoms with Crippen molar-refractivity contribution in [2.45, 2.75) is 58.9 Å². The Morgan fingerprint density at radius 2 is 1.67 bits per heavy atom. The first kappa shape index (κ1) is 23.9. The number of benzene rings is 2. The minimum atomic E-state index is -3.42. The quantitative estimate of drug-likeness (QED) is 0.659. The van der Waals surface area contributed by atoms with Gasteiger partial charge in [-0.25, -0.2) is 8.42 Å². The molecule has 0 spiro atoms. The predicted octanol–water partition coefficient (Wildman–Crippen LogP) is 4.72. The van der Waals surface area contributed by atoms with Crippen LogP contribution in [0.3, 0.4) is 0 Å². The van der Waals surface area contributed by atoms with Crippen LogP contribution < -0.4 is 9.62 Å². The molecule has 0 aliphatic rings. The number of rotatable bonds is 8. The molecule has 0 heterocycles. The fraction of sp³-hybridized carbons (Fsp3) is 0.458. The number of carbonyl (C=O) groups excluding carboxylic acids is 1. The van der Waals surface area contributed by atoms with E-state index in [1.54, 1.807) is 6.07 Å². The summed E-state index contributed by atoms with van der Waals surface area (Å²) in [6.45, 7) is 10.6. The number of hydrogen-bond acceptors (Lipinski definition) is 3. The third kappa shape index (κ3) is 6.59. The van der Waals surface area contributed by atoms with E-state index in [9.17, 15) is 13.2 Å². The molecule has 2 aromatic rings. The second-order valence-electron chi connectivity index (χ2n) is 8.89. The second-order valence-corrected chi connectivity index (χ2v) is 10.8. The highest BCUT2D eigenvalue weighted by Crippen LogP contribution is 2.24. The summed E-state index contributed by atoms with van der Waals surface area (Å²) in [5.41, 5.74) is 3.94. The van der Waals surface area contributed by atoms with Crippen LogP contribution in [0.5, 0.6) is 0 Å². The van der Waals surface area contributed by atoms with E-state index in [0.29, 0.717) is 12.1 Å². The van der Waals surface area contributed by atoms with Crippen molar-refractivity contribution in [1.82, 2.24) is 5.32 Å². The lowest BCUT2D eigenvalue weighted by Gasteiger charge is -2.24. The highest BCUT2D eigenvalue weighted by molar-refractivity contribution is 7.92. The van der Waals surface area contributed by atoms with Crippen LogP contribution >= 0.6 is 0 Å². The molecule has 0 radical (unpaired) electrons. The van der Waals surface area contributed by atoms with Crippen LogP contribution in [0.4, 0.5) is 5.69 Å². The highest BCUT2D eigenvalue weighted by atomic mass is 32.2. The Balaban J connectivity index is 1.94. The lowest BCUT2D eigenvalue weighted by Crippen LogP contribution is -2.33. The van der Waals surface area contributed by atoms with Gasteiger partial charge in [-0.3, -0.25) is 9.10 Å². The number of sulfonamides is 1. The van der Waals surface area contributed by atoms with Gasteiger partial charge in [0.05, 0.1) is 18.0 Å². The fourth-order valence-electron chi connectivity index (χ4n) is 3.36. The summed E-state index contributed by atoms with van der Waals surface area (Å²) in [4.78, 5) is 12.4. The predicted molar refractivity (Wildman–Crippen MR) is 124 cm³/mol. The van der Waals surface area contributed by atoms with Crippen molar-refractivity contribution < 1.29 is 13.2 Å². The van der Waals surface area contributed by atoms with Crippen LogP contribution in [0, 0.1) is 6.92 Å². The molecule has 1 atom stereocenters. The molecule has 1 N–H and O–H groups in total. The minimum absolute atomic E-state index is 0.0827. The van der Waals surface area contributed by atoms with Crippen molar-refractivity contribution in [1.29, 1.82) is 0 Å². The summed E-state index contributed by atoms with van der Waals surface area (Å²) >= 11 is 0. The summed E-state index contributed by atoms with van der Waals surface area (Å²) < 4.78 is 25.9. The Hall–Kier alpha value is -2.34. The Bertz CT molecular complexity index is 961.